The first-order valence-electron chi connectivity index (χ1n) is 4.44. The summed E-state index contributed by atoms with van der Waals surface area (Å²) in [5, 5.41) is 8.88. The van der Waals surface area contributed by atoms with Crippen molar-refractivity contribution < 1.29 is 5.11 Å². The van der Waals surface area contributed by atoms with Gasteiger partial charge in [0.25, 0.3) is 0 Å². The monoisotopic (exact) mass is 199 g/mol. The van der Waals surface area contributed by atoms with E-state index >= 15 is 0 Å². The Morgan fingerprint density at radius 1 is 1.54 bits per heavy atom. The first kappa shape index (κ1) is 10.7. The van der Waals surface area contributed by atoms with Gasteiger partial charge in [-0.3, -0.25) is 0 Å². The van der Waals surface area contributed by atoms with Gasteiger partial charge in [-0.2, -0.15) is 0 Å². The van der Waals surface area contributed by atoms with Crippen LogP contribution >= 0.6 is 11.3 Å². The summed E-state index contributed by atoms with van der Waals surface area (Å²) < 4.78 is 0. The lowest BCUT2D eigenvalue weighted by molar-refractivity contribution is 0.247. The zero-order valence-corrected chi connectivity index (χ0v) is 9.24. The van der Waals surface area contributed by atoms with Crippen molar-refractivity contribution >= 4 is 11.3 Å². The number of hydrogen-bond donors (Lipinski definition) is 2. The van der Waals surface area contributed by atoms with E-state index in [0.717, 1.165) is 0 Å². The Labute approximate surface area is 83.4 Å². The number of hydrogen-bond acceptors (Lipinski definition) is 3. The maximum Gasteiger partial charge on any atom is 0.0451 e. The summed E-state index contributed by atoms with van der Waals surface area (Å²) in [4.78, 5) is 2.54. The highest BCUT2D eigenvalue weighted by Gasteiger charge is 2.23. The molecule has 0 unspecified atom stereocenters. The molecule has 0 spiro atoms. The smallest absolute Gasteiger partial charge is 0.0451 e. The van der Waals surface area contributed by atoms with Crippen LogP contribution in [0.25, 0.3) is 0 Å². The average Bonchev–Trinajstić information content (AvgIpc) is 2.30. The van der Waals surface area contributed by atoms with Crippen LogP contribution in [0.5, 0.6) is 0 Å². The normalized spacial score (nSPS) is 15.8. The van der Waals surface area contributed by atoms with Crippen molar-refractivity contribution in [2.45, 2.75) is 32.7 Å². The minimum absolute atomic E-state index is 0.140. The van der Waals surface area contributed by atoms with Gasteiger partial charge in [-0.15, -0.1) is 11.3 Å². The van der Waals surface area contributed by atoms with Crippen LogP contribution in [-0.4, -0.2) is 11.7 Å². The van der Waals surface area contributed by atoms with E-state index in [9.17, 15) is 0 Å². The minimum Gasteiger partial charge on any atom is -0.396 e. The van der Waals surface area contributed by atoms with E-state index in [1.165, 1.54) is 15.3 Å². The van der Waals surface area contributed by atoms with Gasteiger partial charge in [0, 0.05) is 21.9 Å². The molecule has 1 aromatic rings. The lowest BCUT2D eigenvalue weighted by Gasteiger charge is -2.23. The van der Waals surface area contributed by atoms with E-state index in [0.29, 0.717) is 6.42 Å². The Hall–Kier alpha value is -0.380. The molecule has 0 fully saturated rings. The lowest BCUT2D eigenvalue weighted by atomic mass is 9.90. The maximum absolute atomic E-state index is 8.88. The van der Waals surface area contributed by atoms with Crippen LogP contribution < -0.4 is 5.73 Å². The SMILES string of the molecule is Cc1cc([C@](C)(N)CCO)c(C)s1. The van der Waals surface area contributed by atoms with Crippen molar-refractivity contribution in [2.75, 3.05) is 6.61 Å². The van der Waals surface area contributed by atoms with Crippen molar-refractivity contribution in [1.82, 2.24) is 0 Å². The van der Waals surface area contributed by atoms with Gasteiger partial charge in [-0.1, -0.05) is 0 Å². The molecule has 0 bridgehead atoms. The predicted octanol–water partition coefficient (Wildman–Crippen LogP) is 1.92. The standard InChI is InChI=1S/C10H17NOS/c1-7-6-9(8(2)13-7)10(3,11)4-5-12/h6,12H,4-5,11H2,1-3H3/t10-/m1/s1. The predicted molar refractivity (Wildman–Crippen MR) is 57.0 cm³/mol. The minimum atomic E-state index is -0.385. The first-order valence-corrected chi connectivity index (χ1v) is 5.26. The molecule has 2 nitrogen and oxygen atoms in total. The van der Waals surface area contributed by atoms with Gasteiger partial charge < -0.3 is 10.8 Å². The fraction of sp³-hybridized carbons (Fsp3) is 0.600. The molecule has 1 heterocycles. The molecule has 0 aromatic carbocycles. The van der Waals surface area contributed by atoms with E-state index in [1.807, 2.05) is 6.92 Å². The molecule has 1 rings (SSSR count). The third kappa shape index (κ3) is 2.30. The average molecular weight is 199 g/mol. The van der Waals surface area contributed by atoms with Crippen LogP contribution in [0.15, 0.2) is 6.07 Å². The number of nitrogens with two attached hydrogens (primary N) is 1. The van der Waals surface area contributed by atoms with Gasteiger partial charge in [0.1, 0.15) is 0 Å². The molecule has 0 aliphatic heterocycles. The van der Waals surface area contributed by atoms with Crippen LogP contribution in [0, 0.1) is 13.8 Å². The Balaban J connectivity index is 2.98. The second-order valence-corrected chi connectivity index (χ2v) is 5.18. The number of rotatable bonds is 3. The number of aliphatic hydroxyl groups is 1. The van der Waals surface area contributed by atoms with Crippen molar-refractivity contribution in [2.24, 2.45) is 5.73 Å². The van der Waals surface area contributed by atoms with E-state index in [1.54, 1.807) is 11.3 Å². The molecule has 0 saturated heterocycles. The highest BCUT2D eigenvalue weighted by atomic mass is 32.1. The molecular formula is C10H17NOS. The van der Waals surface area contributed by atoms with Crippen LogP contribution in [0.2, 0.25) is 0 Å². The maximum atomic E-state index is 8.88. The lowest BCUT2D eigenvalue weighted by Crippen LogP contribution is -2.34. The molecule has 1 aromatic heterocycles. The van der Waals surface area contributed by atoms with Gasteiger partial charge >= 0.3 is 0 Å². The third-order valence-corrected chi connectivity index (χ3v) is 3.25. The molecule has 1 atom stereocenters. The Bertz CT molecular complexity index is 291. The Kier molecular flexibility index (Phi) is 3.11. The van der Waals surface area contributed by atoms with Crippen LogP contribution in [0.3, 0.4) is 0 Å². The highest BCUT2D eigenvalue weighted by Crippen LogP contribution is 2.30. The Morgan fingerprint density at radius 3 is 2.54 bits per heavy atom. The fourth-order valence-corrected chi connectivity index (χ4v) is 2.63. The fourth-order valence-electron chi connectivity index (χ4n) is 1.56. The van der Waals surface area contributed by atoms with Crippen molar-refractivity contribution in [3.05, 3.63) is 21.4 Å². The molecule has 0 saturated carbocycles. The van der Waals surface area contributed by atoms with E-state index in [-0.39, 0.29) is 12.1 Å². The molecule has 0 radical (unpaired) electrons. The van der Waals surface area contributed by atoms with Crippen molar-refractivity contribution in [1.29, 1.82) is 0 Å². The zero-order chi connectivity index (χ0) is 10.1. The zero-order valence-electron chi connectivity index (χ0n) is 8.42. The third-order valence-electron chi connectivity index (χ3n) is 2.29. The molecule has 0 amide bonds. The number of thiophene rings is 1. The van der Waals surface area contributed by atoms with Gasteiger partial charge in [0.05, 0.1) is 0 Å². The summed E-state index contributed by atoms with van der Waals surface area (Å²) in [6.07, 6.45) is 0.615. The topological polar surface area (TPSA) is 46.2 Å². The quantitative estimate of drug-likeness (QED) is 0.781. The van der Waals surface area contributed by atoms with E-state index in [4.69, 9.17) is 10.8 Å². The summed E-state index contributed by atoms with van der Waals surface area (Å²) in [5.41, 5.74) is 6.89. The molecule has 13 heavy (non-hydrogen) atoms. The van der Waals surface area contributed by atoms with Gasteiger partial charge in [-0.05, 0) is 38.8 Å². The summed E-state index contributed by atoms with van der Waals surface area (Å²) in [7, 11) is 0. The molecule has 3 heteroatoms. The molecule has 3 N–H and O–H groups in total. The molecule has 0 aliphatic rings. The molecular weight excluding hydrogens is 182 g/mol. The molecule has 0 aliphatic carbocycles. The van der Waals surface area contributed by atoms with Crippen molar-refractivity contribution in [3.63, 3.8) is 0 Å². The largest absolute Gasteiger partial charge is 0.396 e. The van der Waals surface area contributed by atoms with Gasteiger partial charge in [-0.25, -0.2) is 0 Å². The second-order valence-electron chi connectivity index (χ2n) is 3.72. The van der Waals surface area contributed by atoms with Crippen molar-refractivity contribution in [3.8, 4) is 0 Å². The van der Waals surface area contributed by atoms with Crippen LogP contribution in [0.1, 0.15) is 28.7 Å². The summed E-state index contributed by atoms with van der Waals surface area (Å²) in [6, 6.07) is 2.12. The van der Waals surface area contributed by atoms with Crippen LogP contribution in [-0.2, 0) is 5.54 Å². The van der Waals surface area contributed by atoms with Crippen LogP contribution in [0.4, 0.5) is 0 Å². The highest BCUT2D eigenvalue weighted by molar-refractivity contribution is 7.12. The van der Waals surface area contributed by atoms with E-state index in [2.05, 4.69) is 19.9 Å². The van der Waals surface area contributed by atoms with Gasteiger partial charge in [0.15, 0.2) is 0 Å². The summed E-state index contributed by atoms with van der Waals surface area (Å²) >= 11 is 1.76. The van der Waals surface area contributed by atoms with E-state index < -0.39 is 0 Å². The van der Waals surface area contributed by atoms with Gasteiger partial charge in [0.2, 0.25) is 0 Å². The number of aliphatic hydroxyl groups excluding tert-OH is 1. The first-order chi connectivity index (χ1) is 5.97. The summed E-state index contributed by atoms with van der Waals surface area (Å²) in [5.74, 6) is 0. The Morgan fingerprint density at radius 2 is 2.15 bits per heavy atom. The number of aryl methyl sites for hydroxylation is 2. The second kappa shape index (κ2) is 3.78. The summed E-state index contributed by atoms with van der Waals surface area (Å²) in [6.45, 7) is 6.27. The molecule has 74 valence electrons.